The molecule has 2 aromatic carbocycles. The second-order valence-corrected chi connectivity index (χ2v) is 17.2. The van der Waals surface area contributed by atoms with Crippen LogP contribution in [-0.4, -0.2) is 100 Å². The van der Waals surface area contributed by atoms with Gasteiger partial charge in [0.05, 0.1) is 30.8 Å². The zero-order valence-electron chi connectivity index (χ0n) is 36.3. The van der Waals surface area contributed by atoms with Gasteiger partial charge in [0.25, 0.3) is 5.91 Å². The molecule has 2 aromatic rings. The lowest BCUT2D eigenvalue weighted by Crippen LogP contribution is -2.58. The molecule has 0 spiro atoms. The van der Waals surface area contributed by atoms with E-state index in [-0.39, 0.29) is 78.9 Å². The van der Waals surface area contributed by atoms with E-state index >= 15 is 0 Å². The molecule has 2 aliphatic carbocycles. The third-order valence-corrected chi connectivity index (χ3v) is 13.1. The minimum absolute atomic E-state index is 0.0106. The number of ether oxygens (including phenoxy) is 2. The summed E-state index contributed by atoms with van der Waals surface area (Å²) in [6.07, 6.45) is 9.60. The van der Waals surface area contributed by atoms with E-state index in [2.05, 4.69) is 45.6 Å². The van der Waals surface area contributed by atoms with Crippen LogP contribution in [0.5, 0.6) is 0 Å². The van der Waals surface area contributed by atoms with Gasteiger partial charge in [-0.25, -0.2) is 0 Å². The highest BCUT2D eigenvalue weighted by molar-refractivity contribution is 5.96. The highest BCUT2D eigenvalue weighted by atomic mass is 16.5. The quantitative estimate of drug-likeness (QED) is 0.118. The topological polar surface area (TPSA) is 190 Å². The van der Waals surface area contributed by atoms with E-state index in [4.69, 9.17) is 15.2 Å². The molecule has 1 aliphatic heterocycles. The first-order valence-corrected chi connectivity index (χ1v) is 22.4. The summed E-state index contributed by atoms with van der Waals surface area (Å²) in [4.78, 5) is 67.6. The van der Waals surface area contributed by atoms with Crippen molar-refractivity contribution < 1.29 is 33.4 Å². The van der Waals surface area contributed by atoms with Gasteiger partial charge in [-0.05, 0) is 137 Å². The number of carbonyl (C=O) groups excluding carboxylic acids is 5. The van der Waals surface area contributed by atoms with E-state index in [1.807, 2.05) is 36.4 Å². The van der Waals surface area contributed by atoms with Gasteiger partial charge < -0.3 is 36.5 Å². The Balaban J connectivity index is 1.24. The summed E-state index contributed by atoms with van der Waals surface area (Å²) in [6, 6.07) is 13.5. The van der Waals surface area contributed by atoms with E-state index in [1.54, 1.807) is 21.1 Å². The molecule has 9 atom stereocenters. The number of benzene rings is 2. The molecular formula is C47H70N6O7. The van der Waals surface area contributed by atoms with Gasteiger partial charge in [-0.2, -0.15) is 0 Å². The highest BCUT2D eigenvalue weighted by Gasteiger charge is 2.45. The zero-order chi connectivity index (χ0) is 43.0. The standard InChI is InChI=1S/C47H70N6O7/c1-5-11-33-27-35(16-18-36(33)32-12-7-6-8-13-32)46(57)50-25-22-43(55)53-39(14-9-10-23-48)40(54)29-51-44-34-17-20-42(60-4)38(28-34)37-26-31(15-19-41(37)59-3)21-24-49-45(56)30(2)52-47(44)58/h6-8,12-13,16,18,27,30-31,34,37-39,41-42,44,51H,5,9-11,14-15,17,19-26,28-29,48H2,1-4H3,(H,49,56)(H,50,57)(H,52,58)(H,53,55)/t30-,31+,34-,37-,38-,39-,41-,42-,44-/m0/s1. The third kappa shape index (κ3) is 12.9. The van der Waals surface area contributed by atoms with Gasteiger partial charge in [0.15, 0.2) is 5.78 Å². The summed E-state index contributed by atoms with van der Waals surface area (Å²) < 4.78 is 12.1. The molecule has 4 bridgehead atoms. The van der Waals surface area contributed by atoms with Crippen molar-refractivity contribution in [2.24, 2.45) is 29.4 Å². The molecule has 0 aromatic heterocycles. The van der Waals surface area contributed by atoms with E-state index in [1.165, 1.54) is 0 Å². The molecule has 0 unspecified atom stereocenters. The summed E-state index contributed by atoms with van der Waals surface area (Å²) in [5.41, 5.74) is 9.59. The third-order valence-electron chi connectivity index (χ3n) is 13.1. The van der Waals surface area contributed by atoms with Crippen LogP contribution in [0.1, 0.15) is 107 Å². The largest absolute Gasteiger partial charge is 0.381 e. The Bertz CT molecular complexity index is 1720. The van der Waals surface area contributed by atoms with Crippen LogP contribution in [0.2, 0.25) is 0 Å². The number of rotatable bonds is 18. The minimum atomic E-state index is -0.806. The number of hydrogen-bond acceptors (Lipinski definition) is 9. The monoisotopic (exact) mass is 831 g/mol. The van der Waals surface area contributed by atoms with Crippen molar-refractivity contribution in [2.75, 3.05) is 40.4 Å². The maximum atomic E-state index is 14.1. The molecule has 5 rings (SSSR count). The summed E-state index contributed by atoms with van der Waals surface area (Å²) >= 11 is 0. The smallest absolute Gasteiger partial charge is 0.251 e. The second-order valence-electron chi connectivity index (χ2n) is 17.2. The number of fused-ring (bicyclic) bond motifs is 5. The van der Waals surface area contributed by atoms with Crippen LogP contribution >= 0.6 is 0 Å². The number of aryl methyl sites for hydroxylation is 1. The fraction of sp³-hybridized carbons (Fsp3) is 0.638. The van der Waals surface area contributed by atoms with Crippen LogP contribution in [0.15, 0.2) is 48.5 Å². The highest BCUT2D eigenvalue weighted by Crippen LogP contribution is 2.45. The maximum Gasteiger partial charge on any atom is 0.251 e. The molecule has 1 saturated heterocycles. The van der Waals surface area contributed by atoms with E-state index < -0.39 is 18.1 Å². The number of nitrogens with two attached hydrogens (primary N) is 1. The Morgan fingerprint density at radius 2 is 1.63 bits per heavy atom. The van der Waals surface area contributed by atoms with Crippen LogP contribution in [0.25, 0.3) is 11.1 Å². The summed E-state index contributed by atoms with van der Waals surface area (Å²) in [5.74, 6) is -0.693. The average molecular weight is 831 g/mol. The van der Waals surface area contributed by atoms with Crippen LogP contribution in [-0.2, 0) is 35.1 Å². The molecular weight excluding hydrogens is 761 g/mol. The van der Waals surface area contributed by atoms with E-state index in [0.29, 0.717) is 50.3 Å². The SMILES string of the molecule is CCCc1cc(C(=O)NCCC(=O)N[C@@H](CCCCN)C(=O)CN[C@@H]2C(=O)N[C@@H](C)C(=O)NCC[C@H]3CC[C@H](OC)[C@@H](C3)[C@@H]3C[C@@H]2CC[C@@H]3OC)ccc1-c1ccccc1. The van der Waals surface area contributed by atoms with Crippen LogP contribution in [0.3, 0.4) is 0 Å². The van der Waals surface area contributed by atoms with Crippen molar-refractivity contribution in [3.8, 4) is 11.1 Å². The minimum Gasteiger partial charge on any atom is -0.381 e. The molecule has 3 aliphatic rings. The first-order chi connectivity index (χ1) is 29.1. The number of ketones is 1. The molecule has 330 valence electrons. The van der Waals surface area contributed by atoms with Crippen molar-refractivity contribution in [3.05, 3.63) is 59.7 Å². The average Bonchev–Trinajstić information content (AvgIpc) is 3.26. The number of nitrogens with one attached hydrogen (secondary N) is 5. The first kappa shape index (κ1) is 46.9. The number of unbranched alkanes of at least 4 members (excludes halogenated alkanes) is 1. The Labute approximate surface area is 356 Å². The van der Waals surface area contributed by atoms with Crippen LogP contribution < -0.4 is 32.3 Å². The van der Waals surface area contributed by atoms with Crippen molar-refractivity contribution in [1.82, 2.24) is 26.6 Å². The van der Waals surface area contributed by atoms with Crippen LogP contribution in [0.4, 0.5) is 0 Å². The fourth-order valence-electron chi connectivity index (χ4n) is 9.83. The van der Waals surface area contributed by atoms with Crippen molar-refractivity contribution in [1.29, 1.82) is 0 Å². The Morgan fingerprint density at radius 1 is 0.900 bits per heavy atom. The normalized spacial score (nSPS) is 26.5. The van der Waals surface area contributed by atoms with Gasteiger partial charge in [0.1, 0.15) is 6.04 Å². The van der Waals surface area contributed by atoms with Gasteiger partial charge in [-0.3, -0.25) is 29.3 Å². The lowest BCUT2D eigenvalue weighted by molar-refractivity contribution is -0.133. The number of hydrogen-bond donors (Lipinski definition) is 6. The molecule has 13 heteroatoms. The Morgan fingerprint density at radius 3 is 2.35 bits per heavy atom. The predicted octanol–water partition coefficient (Wildman–Crippen LogP) is 4.45. The Kier molecular flexibility index (Phi) is 18.5. The number of amides is 4. The Hall–Kier alpha value is -4.17. The molecule has 2 saturated carbocycles. The van der Waals surface area contributed by atoms with Gasteiger partial charge in [0, 0.05) is 39.3 Å². The molecule has 60 heavy (non-hydrogen) atoms. The van der Waals surface area contributed by atoms with E-state index in [0.717, 1.165) is 68.1 Å². The van der Waals surface area contributed by atoms with Gasteiger partial charge >= 0.3 is 0 Å². The number of Topliss-reactive ketones (excluding diaryl/α,β-unsaturated/α-hetero) is 1. The molecule has 1 heterocycles. The molecule has 13 nitrogen and oxygen atoms in total. The summed E-state index contributed by atoms with van der Waals surface area (Å²) in [6.45, 7) is 4.73. The van der Waals surface area contributed by atoms with Crippen LogP contribution in [0, 0.1) is 23.7 Å². The van der Waals surface area contributed by atoms with Gasteiger partial charge in [-0.15, -0.1) is 0 Å². The number of carbonyl (C=O) groups is 5. The van der Waals surface area contributed by atoms with Crippen molar-refractivity contribution in [2.45, 2.75) is 128 Å². The van der Waals surface area contributed by atoms with Crippen molar-refractivity contribution in [3.63, 3.8) is 0 Å². The maximum absolute atomic E-state index is 14.1. The predicted molar refractivity (Wildman–Crippen MR) is 233 cm³/mol. The summed E-state index contributed by atoms with van der Waals surface area (Å²) in [5, 5.41) is 15.0. The fourth-order valence-corrected chi connectivity index (χ4v) is 9.83. The van der Waals surface area contributed by atoms with E-state index in [9.17, 15) is 24.0 Å². The molecule has 7 N–H and O–H groups in total. The van der Waals surface area contributed by atoms with Gasteiger partial charge in [-0.1, -0.05) is 49.7 Å². The molecule has 0 radical (unpaired) electrons. The first-order valence-electron chi connectivity index (χ1n) is 22.4. The van der Waals surface area contributed by atoms with Crippen molar-refractivity contribution >= 4 is 29.4 Å². The molecule has 3 fully saturated rings. The lowest BCUT2D eigenvalue weighted by Gasteiger charge is -2.47. The van der Waals surface area contributed by atoms with Gasteiger partial charge in [0.2, 0.25) is 17.7 Å². The number of methoxy groups -OCH3 is 2. The lowest BCUT2D eigenvalue weighted by atomic mass is 9.64. The zero-order valence-corrected chi connectivity index (χ0v) is 36.3. The second kappa shape index (κ2) is 23.7. The summed E-state index contributed by atoms with van der Waals surface area (Å²) in [7, 11) is 3.54. The molecule has 4 amide bonds.